The van der Waals surface area contributed by atoms with Gasteiger partial charge in [0.2, 0.25) is 0 Å². The molecule has 1 aliphatic heterocycles. The van der Waals surface area contributed by atoms with Crippen molar-refractivity contribution in [2.45, 2.75) is 70.4 Å². The molecular weight excluding hydrogens is 254 g/mol. The molecule has 0 amide bonds. The molecule has 0 radical (unpaired) electrons. The van der Waals surface area contributed by atoms with Gasteiger partial charge < -0.3 is 9.84 Å². The average molecular weight is 283 g/mol. The first-order valence-electron chi connectivity index (χ1n) is 8.12. The van der Waals surface area contributed by atoms with Crippen LogP contribution in [0.4, 0.5) is 0 Å². The van der Waals surface area contributed by atoms with Gasteiger partial charge in [-0.15, -0.1) is 0 Å². The number of nitrogens with zero attached hydrogens (tertiary/aromatic N) is 1. The summed E-state index contributed by atoms with van der Waals surface area (Å²) < 4.78 is 5.50. The van der Waals surface area contributed by atoms with Gasteiger partial charge in [0.15, 0.2) is 0 Å². The summed E-state index contributed by atoms with van der Waals surface area (Å²) in [5.41, 5.74) is -0.243. The van der Waals surface area contributed by atoms with Gasteiger partial charge >= 0.3 is 5.97 Å². The molecule has 4 heteroatoms. The number of rotatable bonds is 6. The lowest BCUT2D eigenvalue weighted by molar-refractivity contribution is -0.170. The summed E-state index contributed by atoms with van der Waals surface area (Å²) in [4.78, 5) is 13.1. The number of hydrogen-bond acceptors (Lipinski definition) is 3. The smallest absolute Gasteiger partial charge is 0.329 e. The first-order valence-corrected chi connectivity index (χ1v) is 8.12. The highest BCUT2D eigenvalue weighted by molar-refractivity contribution is 5.68. The van der Waals surface area contributed by atoms with Crippen LogP contribution in [0.25, 0.3) is 0 Å². The highest BCUT2D eigenvalue weighted by Gasteiger charge is 2.43. The first-order chi connectivity index (χ1) is 9.52. The van der Waals surface area contributed by atoms with Gasteiger partial charge in [-0.05, 0) is 32.1 Å². The van der Waals surface area contributed by atoms with Crippen molar-refractivity contribution in [2.24, 2.45) is 5.92 Å². The van der Waals surface area contributed by atoms with Gasteiger partial charge in [0.05, 0.1) is 5.60 Å². The zero-order valence-electron chi connectivity index (χ0n) is 12.9. The van der Waals surface area contributed by atoms with E-state index in [1.54, 1.807) is 0 Å². The third-order valence-corrected chi connectivity index (χ3v) is 4.89. The predicted octanol–water partition coefficient (Wildman–Crippen LogP) is 2.91. The zero-order chi connectivity index (χ0) is 14.6. The zero-order valence-corrected chi connectivity index (χ0v) is 12.9. The molecule has 1 N–H and O–H groups in total. The van der Waals surface area contributed by atoms with Crippen LogP contribution in [0.2, 0.25) is 0 Å². The van der Waals surface area contributed by atoms with Gasteiger partial charge in [0.25, 0.3) is 0 Å². The second-order valence-corrected chi connectivity index (χ2v) is 6.85. The van der Waals surface area contributed by atoms with Crippen molar-refractivity contribution in [3.8, 4) is 0 Å². The molecule has 0 bridgehead atoms. The molecule has 4 nitrogen and oxygen atoms in total. The van der Waals surface area contributed by atoms with Crippen LogP contribution in [-0.2, 0) is 9.53 Å². The number of carbonyl (C=O) groups is 1. The van der Waals surface area contributed by atoms with E-state index in [-0.39, 0.29) is 12.2 Å². The summed E-state index contributed by atoms with van der Waals surface area (Å²) in [5.74, 6) is 0.0578. The maximum absolute atomic E-state index is 10.6. The van der Waals surface area contributed by atoms with Crippen LogP contribution in [0.3, 0.4) is 0 Å². The Balaban J connectivity index is 1.73. The second-order valence-electron chi connectivity index (χ2n) is 6.85. The maximum Gasteiger partial charge on any atom is 0.329 e. The van der Waals surface area contributed by atoms with Crippen molar-refractivity contribution in [3.63, 3.8) is 0 Å². The maximum atomic E-state index is 10.6. The lowest BCUT2D eigenvalue weighted by atomic mass is 9.91. The molecule has 1 saturated heterocycles. The molecule has 1 heterocycles. The quantitative estimate of drug-likeness (QED) is 0.762. The molecule has 0 aromatic carbocycles. The minimum atomic E-state index is -0.874. The van der Waals surface area contributed by atoms with Gasteiger partial charge in [0.1, 0.15) is 6.61 Å². The fourth-order valence-electron chi connectivity index (χ4n) is 3.82. The van der Waals surface area contributed by atoms with Crippen LogP contribution < -0.4 is 0 Å². The van der Waals surface area contributed by atoms with E-state index < -0.39 is 5.97 Å². The van der Waals surface area contributed by atoms with Gasteiger partial charge in [-0.3, -0.25) is 4.90 Å². The lowest BCUT2D eigenvalue weighted by Crippen LogP contribution is -2.64. The second kappa shape index (κ2) is 6.90. The Kier molecular flexibility index (Phi) is 5.44. The Morgan fingerprint density at radius 2 is 2.05 bits per heavy atom. The number of carboxylic acid groups (broad SMARTS) is 1. The summed E-state index contributed by atoms with van der Waals surface area (Å²) in [6.45, 7) is 5.92. The summed E-state index contributed by atoms with van der Waals surface area (Å²) in [7, 11) is 0. The van der Waals surface area contributed by atoms with Crippen molar-refractivity contribution in [1.82, 2.24) is 4.90 Å². The summed E-state index contributed by atoms with van der Waals surface area (Å²) in [5, 5.41) is 8.69. The molecule has 2 aliphatic rings. The largest absolute Gasteiger partial charge is 0.480 e. The van der Waals surface area contributed by atoms with Crippen LogP contribution in [0.5, 0.6) is 0 Å². The molecular formula is C16H29NO3. The number of likely N-dealkylation sites (tertiary alicyclic amines) is 1. The summed E-state index contributed by atoms with van der Waals surface area (Å²) in [6, 6.07) is 0.693. The molecule has 2 unspecified atom stereocenters. The summed E-state index contributed by atoms with van der Waals surface area (Å²) in [6.07, 6.45) is 9.40. The van der Waals surface area contributed by atoms with Gasteiger partial charge in [-0.25, -0.2) is 4.79 Å². The van der Waals surface area contributed by atoms with E-state index in [0.717, 1.165) is 19.0 Å². The van der Waals surface area contributed by atoms with Crippen molar-refractivity contribution >= 4 is 5.97 Å². The predicted molar refractivity (Wildman–Crippen MR) is 78.8 cm³/mol. The molecule has 2 fully saturated rings. The molecule has 1 aliphatic carbocycles. The van der Waals surface area contributed by atoms with Crippen LogP contribution in [0, 0.1) is 5.92 Å². The Morgan fingerprint density at radius 1 is 1.30 bits per heavy atom. The van der Waals surface area contributed by atoms with Crippen LogP contribution >= 0.6 is 0 Å². The normalized spacial score (nSPS) is 30.5. The third-order valence-electron chi connectivity index (χ3n) is 4.89. The molecule has 0 aromatic heterocycles. The van der Waals surface area contributed by atoms with Gasteiger partial charge in [-0.2, -0.15) is 0 Å². The highest BCUT2D eigenvalue weighted by atomic mass is 16.5. The monoisotopic (exact) mass is 283 g/mol. The van der Waals surface area contributed by atoms with Crippen molar-refractivity contribution in [2.75, 3.05) is 19.7 Å². The summed E-state index contributed by atoms with van der Waals surface area (Å²) >= 11 is 0. The standard InChI is InChI=1S/C16H29NO3/c1-3-5-13-6-4-7-14(9-8-13)17-11-16(2,12-17)20-10-15(18)19/h13-14H,3-12H2,1-2H3,(H,18,19). The van der Waals surface area contributed by atoms with E-state index in [2.05, 4.69) is 11.8 Å². The molecule has 0 aromatic rings. The number of carboxylic acids is 1. The number of ether oxygens (including phenoxy) is 1. The van der Waals surface area contributed by atoms with Crippen molar-refractivity contribution in [3.05, 3.63) is 0 Å². The number of hydrogen-bond donors (Lipinski definition) is 1. The topological polar surface area (TPSA) is 49.8 Å². The molecule has 2 rings (SSSR count). The number of aliphatic carboxylic acids is 1. The first kappa shape index (κ1) is 15.8. The molecule has 20 heavy (non-hydrogen) atoms. The van der Waals surface area contributed by atoms with Crippen LogP contribution in [-0.4, -0.2) is 47.3 Å². The van der Waals surface area contributed by atoms with Gasteiger partial charge in [-0.1, -0.05) is 32.6 Å². The van der Waals surface area contributed by atoms with E-state index in [1.165, 1.54) is 44.9 Å². The Labute approximate surface area is 122 Å². The van der Waals surface area contributed by atoms with Crippen LogP contribution in [0.15, 0.2) is 0 Å². The Hall–Kier alpha value is -0.610. The highest BCUT2D eigenvalue weighted by Crippen LogP contribution is 2.34. The van der Waals surface area contributed by atoms with E-state index in [0.29, 0.717) is 6.04 Å². The average Bonchev–Trinajstić information content (AvgIpc) is 2.59. The Morgan fingerprint density at radius 3 is 2.70 bits per heavy atom. The molecule has 1 saturated carbocycles. The SMILES string of the molecule is CCCC1CCCC(N2CC(C)(OCC(=O)O)C2)CC1. The van der Waals surface area contributed by atoms with E-state index in [1.807, 2.05) is 6.92 Å². The van der Waals surface area contributed by atoms with E-state index >= 15 is 0 Å². The minimum absolute atomic E-state index is 0.173. The van der Waals surface area contributed by atoms with E-state index in [4.69, 9.17) is 9.84 Å². The minimum Gasteiger partial charge on any atom is -0.480 e. The fraction of sp³-hybridized carbons (Fsp3) is 0.938. The molecule has 2 atom stereocenters. The molecule has 0 spiro atoms. The fourth-order valence-corrected chi connectivity index (χ4v) is 3.82. The van der Waals surface area contributed by atoms with Gasteiger partial charge in [0, 0.05) is 19.1 Å². The Bertz CT molecular complexity index is 326. The van der Waals surface area contributed by atoms with Crippen molar-refractivity contribution < 1.29 is 14.6 Å². The van der Waals surface area contributed by atoms with E-state index in [9.17, 15) is 4.79 Å². The molecule has 116 valence electrons. The van der Waals surface area contributed by atoms with Crippen LogP contribution in [0.1, 0.15) is 58.8 Å². The third kappa shape index (κ3) is 4.19. The lowest BCUT2D eigenvalue weighted by Gasteiger charge is -2.51. The van der Waals surface area contributed by atoms with Crippen molar-refractivity contribution in [1.29, 1.82) is 0 Å².